The van der Waals surface area contributed by atoms with Crippen LogP contribution in [-0.2, 0) is 0 Å². The molecule has 0 bridgehead atoms. The lowest BCUT2D eigenvalue weighted by atomic mass is 10.1. The fraction of sp³-hybridized carbons (Fsp3) is 0. The van der Waals surface area contributed by atoms with Gasteiger partial charge in [-0.1, -0.05) is 30.3 Å². The van der Waals surface area contributed by atoms with E-state index in [1.807, 2.05) is 30.3 Å². The highest BCUT2D eigenvalue weighted by Crippen LogP contribution is 2.24. The molecule has 0 aliphatic rings. The van der Waals surface area contributed by atoms with Crippen LogP contribution < -0.4 is 0 Å². The Balaban J connectivity index is 1.92. The van der Waals surface area contributed by atoms with Crippen molar-refractivity contribution in [1.29, 1.82) is 0 Å². The summed E-state index contributed by atoms with van der Waals surface area (Å²) in [4.78, 5) is 15.2. The van der Waals surface area contributed by atoms with Gasteiger partial charge >= 0.3 is 5.97 Å². The first-order chi connectivity index (χ1) is 9.74. The number of hydrogen-bond donors (Lipinski definition) is 1. The Kier molecular flexibility index (Phi) is 3.05. The summed E-state index contributed by atoms with van der Waals surface area (Å²) in [6.07, 6.45) is 1.59. The molecule has 0 fully saturated rings. The van der Waals surface area contributed by atoms with Gasteiger partial charge < -0.3 is 9.52 Å². The van der Waals surface area contributed by atoms with Gasteiger partial charge in [-0.05, 0) is 24.3 Å². The molecule has 0 aliphatic heterocycles. The van der Waals surface area contributed by atoms with Crippen LogP contribution in [0.3, 0.4) is 0 Å². The molecular formula is C16H11NO3. The van der Waals surface area contributed by atoms with E-state index in [4.69, 9.17) is 9.52 Å². The summed E-state index contributed by atoms with van der Waals surface area (Å²) in [5.41, 5.74) is 2.72. The molecule has 2 aromatic carbocycles. The Morgan fingerprint density at radius 1 is 0.950 bits per heavy atom. The first-order valence-electron chi connectivity index (χ1n) is 6.09. The van der Waals surface area contributed by atoms with E-state index in [0.717, 1.165) is 16.8 Å². The maximum atomic E-state index is 10.8. The number of oxazole rings is 1. The van der Waals surface area contributed by atoms with Crippen molar-refractivity contribution in [3.8, 4) is 22.7 Å². The zero-order valence-corrected chi connectivity index (χ0v) is 10.5. The van der Waals surface area contributed by atoms with Crippen LogP contribution in [-0.4, -0.2) is 16.1 Å². The van der Waals surface area contributed by atoms with E-state index in [1.54, 1.807) is 18.4 Å². The number of rotatable bonds is 3. The Hall–Kier alpha value is -2.88. The molecule has 0 atom stereocenters. The number of carboxylic acids is 1. The molecule has 0 radical (unpaired) electrons. The second-order valence-electron chi connectivity index (χ2n) is 4.29. The summed E-state index contributed by atoms with van der Waals surface area (Å²) in [6.45, 7) is 0. The van der Waals surface area contributed by atoms with Crippen LogP contribution in [0.15, 0.2) is 65.3 Å². The van der Waals surface area contributed by atoms with Crippen molar-refractivity contribution in [3.63, 3.8) is 0 Å². The molecule has 0 saturated heterocycles. The minimum atomic E-state index is -0.950. The van der Waals surface area contributed by atoms with Gasteiger partial charge in [0.1, 0.15) is 12.0 Å². The number of carbonyl (C=O) groups is 1. The van der Waals surface area contributed by atoms with Gasteiger partial charge in [0, 0.05) is 11.1 Å². The van der Waals surface area contributed by atoms with Crippen LogP contribution in [0.25, 0.3) is 22.7 Å². The molecule has 3 aromatic rings. The van der Waals surface area contributed by atoms with Crippen molar-refractivity contribution >= 4 is 5.97 Å². The number of aromatic nitrogens is 1. The maximum absolute atomic E-state index is 10.8. The standard InChI is InChI=1S/C16H11NO3/c18-16(19)13-8-6-12(7-9-13)15-17-14(10-20-15)11-4-2-1-3-5-11/h1-10H,(H,18,19). The molecule has 1 N–H and O–H groups in total. The van der Waals surface area contributed by atoms with Crippen LogP contribution in [0.4, 0.5) is 0 Å². The first kappa shape index (κ1) is 12.2. The number of carboxylic acid groups (broad SMARTS) is 1. The number of nitrogens with zero attached hydrogens (tertiary/aromatic N) is 1. The third-order valence-corrected chi connectivity index (χ3v) is 2.95. The largest absolute Gasteiger partial charge is 0.478 e. The Morgan fingerprint density at radius 2 is 1.65 bits per heavy atom. The SMILES string of the molecule is O=C(O)c1ccc(-c2nc(-c3ccccc3)co2)cc1. The summed E-state index contributed by atoms with van der Waals surface area (Å²) in [5, 5.41) is 8.86. The van der Waals surface area contributed by atoms with E-state index in [0.29, 0.717) is 5.89 Å². The lowest BCUT2D eigenvalue weighted by molar-refractivity contribution is 0.0697. The molecule has 0 saturated carbocycles. The smallest absolute Gasteiger partial charge is 0.335 e. The van der Waals surface area contributed by atoms with Gasteiger partial charge in [0.2, 0.25) is 5.89 Å². The maximum Gasteiger partial charge on any atom is 0.335 e. The van der Waals surface area contributed by atoms with Gasteiger partial charge in [-0.2, -0.15) is 0 Å². The molecule has 1 aromatic heterocycles. The average Bonchev–Trinajstić information content (AvgIpc) is 2.98. The van der Waals surface area contributed by atoms with Crippen LogP contribution in [0.2, 0.25) is 0 Å². The van der Waals surface area contributed by atoms with Crippen molar-refractivity contribution < 1.29 is 14.3 Å². The Bertz CT molecular complexity index is 730. The van der Waals surface area contributed by atoms with Gasteiger partial charge in [0.15, 0.2) is 0 Å². The predicted molar refractivity (Wildman–Crippen MR) is 74.3 cm³/mol. The van der Waals surface area contributed by atoms with Crippen LogP contribution in [0.5, 0.6) is 0 Å². The van der Waals surface area contributed by atoms with Crippen molar-refractivity contribution in [1.82, 2.24) is 4.98 Å². The van der Waals surface area contributed by atoms with Crippen molar-refractivity contribution in [2.45, 2.75) is 0 Å². The molecule has 1 heterocycles. The molecule has 0 aliphatic carbocycles. The van der Waals surface area contributed by atoms with Crippen molar-refractivity contribution in [2.75, 3.05) is 0 Å². The molecule has 20 heavy (non-hydrogen) atoms. The van der Waals surface area contributed by atoms with Gasteiger partial charge in [-0.25, -0.2) is 9.78 Å². The van der Waals surface area contributed by atoms with E-state index >= 15 is 0 Å². The Morgan fingerprint density at radius 3 is 2.30 bits per heavy atom. The average molecular weight is 265 g/mol. The topological polar surface area (TPSA) is 63.3 Å². The van der Waals surface area contributed by atoms with Crippen LogP contribution >= 0.6 is 0 Å². The fourth-order valence-corrected chi connectivity index (χ4v) is 1.90. The summed E-state index contributed by atoms with van der Waals surface area (Å²) in [5.74, 6) is -0.477. The van der Waals surface area contributed by atoms with Crippen LogP contribution in [0.1, 0.15) is 10.4 Å². The van der Waals surface area contributed by atoms with Crippen LogP contribution in [0, 0.1) is 0 Å². The number of aromatic carboxylic acids is 1. The lowest BCUT2D eigenvalue weighted by Crippen LogP contribution is -1.94. The third kappa shape index (κ3) is 2.31. The van der Waals surface area contributed by atoms with E-state index < -0.39 is 5.97 Å². The highest BCUT2D eigenvalue weighted by Gasteiger charge is 2.09. The molecular weight excluding hydrogens is 254 g/mol. The third-order valence-electron chi connectivity index (χ3n) is 2.95. The highest BCUT2D eigenvalue weighted by molar-refractivity contribution is 5.88. The van der Waals surface area contributed by atoms with E-state index in [-0.39, 0.29) is 5.56 Å². The quantitative estimate of drug-likeness (QED) is 0.784. The second kappa shape index (κ2) is 5.01. The minimum absolute atomic E-state index is 0.239. The summed E-state index contributed by atoms with van der Waals surface area (Å²) >= 11 is 0. The van der Waals surface area contributed by atoms with Crippen molar-refractivity contribution in [3.05, 3.63) is 66.4 Å². The molecule has 3 rings (SSSR count). The number of benzene rings is 2. The fourth-order valence-electron chi connectivity index (χ4n) is 1.90. The number of hydrogen-bond acceptors (Lipinski definition) is 3. The van der Waals surface area contributed by atoms with Gasteiger partial charge in [0.25, 0.3) is 0 Å². The lowest BCUT2D eigenvalue weighted by Gasteiger charge is -1.97. The summed E-state index contributed by atoms with van der Waals surface area (Å²) in [7, 11) is 0. The van der Waals surface area contributed by atoms with Crippen molar-refractivity contribution in [2.24, 2.45) is 0 Å². The molecule has 4 heteroatoms. The predicted octanol–water partition coefficient (Wildman–Crippen LogP) is 3.71. The molecule has 0 spiro atoms. The molecule has 4 nitrogen and oxygen atoms in total. The van der Waals surface area contributed by atoms with Gasteiger partial charge in [-0.15, -0.1) is 0 Å². The molecule has 98 valence electrons. The highest BCUT2D eigenvalue weighted by atomic mass is 16.4. The normalized spacial score (nSPS) is 10.4. The monoisotopic (exact) mass is 265 g/mol. The van der Waals surface area contributed by atoms with E-state index in [2.05, 4.69) is 4.98 Å². The minimum Gasteiger partial charge on any atom is -0.478 e. The van der Waals surface area contributed by atoms with Gasteiger partial charge in [-0.3, -0.25) is 0 Å². The second-order valence-corrected chi connectivity index (χ2v) is 4.29. The van der Waals surface area contributed by atoms with E-state index in [9.17, 15) is 4.79 Å². The zero-order valence-electron chi connectivity index (χ0n) is 10.5. The summed E-state index contributed by atoms with van der Waals surface area (Å²) < 4.78 is 5.45. The Labute approximate surface area is 115 Å². The summed E-state index contributed by atoms with van der Waals surface area (Å²) in [6, 6.07) is 16.2. The zero-order chi connectivity index (χ0) is 13.9. The van der Waals surface area contributed by atoms with Gasteiger partial charge in [0.05, 0.1) is 5.56 Å². The molecule has 0 amide bonds. The molecule has 0 unspecified atom stereocenters. The van der Waals surface area contributed by atoms with E-state index in [1.165, 1.54) is 12.1 Å². The first-order valence-corrected chi connectivity index (χ1v) is 6.09.